The maximum atomic E-state index is 11.6. The van der Waals surface area contributed by atoms with Crippen LogP contribution in [0.4, 0.5) is 4.79 Å². The summed E-state index contributed by atoms with van der Waals surface area (Å²) in [5.74, 6) is -0.452. The predicted molar refractivity (Wildman–Crippen MR) is 69.8 cm³/mol. The molecule has 0 fully saturated rings. The summed E-state index contributed by atoms with van der Waals surface area (Å²) in [7, 11) is 1.75. The summed E-state index contributed by atoms with van der Waals surface area (Å²) < 4.78 is 0. The molecule has 6 nitrogen and oxygen atoms in total. The molecule has 19 heavy (non-hydrogen) atoms. The largest absolute Gasteiger partial charge is 0.351 e. The highest BCUT2D eigenvalue weighted by Crippen LogP contribution is 2.09. The molecule has 0 aliphatic rings. The fourth-order valence-electron chi connectivity index (χ4n) is 1.59. The number of carbonyl (C=O) groups is 2. The van der Waals surface area contributed by atoms with E-state index in [1.54, 1.807) is 37.1 Å². The summed E-state index contributed by atoms with van der Waals surface area (Å²) in [5, 5.41) is 10.9. The van der Waals surface area contributed by atoms with E-state index in [9.17, 15) is 9.59 Å². The van der Waals surface area contributed by atoms with Crippen LogP contribution in [0.3, 0.4) is 0 Å². The number of nitrogens with two attached hydrogens (primary N) is 1. The predicted octanol–water partition coefficient (Wildman–Crippen LogP) is 0.573. The lowest BCUT2D eigenvalue weighted by molar-refractivity contribution is -0.124. The number of hydrogen-bond acceptors (Lipinski definition) is 4. The molecule has 0 aliphatic carbocycles. The second kappa shape index (κ2) is 6.52. The first kappa shape index (κ1) is 14.7. The molecular formula is C13H16N4O2. The first-order valence-electron chi connectivity index (χ1n) is 5.73. The fraction of sp³-hybridized carbons (Fsp3) is 0.308. The number of amides is 3. The summed E-state index contributed by atoms with van der Waals surface area (Å²) in [6.45, 7) is 2.16. The Morgan fingerprint density at radius 2 is 2.21 bits per heavy atom. The van der Waals surface area contributed by atoms with Crippen LogP contribution in [0.2, 0.25) is 0 Å². The zero-order chi connectivity index (χ0) is 14.4. The van der Waals surface area contributed by atoms with Crippen molar-refractivity contribution in [1.29, 1.82) is 5.26 Å². The number of urea groups is 1. The Labute approximate surface area is 111 Å². The van der Waals surface area contributed by atoms with Gasteiger partial charge in [-0.15, -0.1) is 0 Å². The molecule has 1 aromatic rings. The van der Waals surface area contributed by atoms with Crippen LogP contribution in [0.1, 0.15) is 18.1 Å². The zero-order valence-electron chi connectivity index (χ0n) is 10.9. The number of hydrogen-bond donors (Lipinski definition) is 2. The minimum absolute atomic E-state index is 0.452. The first-order valence-corrected chi connectivity index (χ1v) is 5.73. The molecule has 0 spiro atoms. The van der Waals surface area contributed by atoms with Gasteiger partial charge < -0.3 is 5.73 Å². The molecule has 0 saturated heterocycles. The monoisotopic (exact) mass is 260 g/mol. The normalized spacial score (nSPS) is 11.7. The van der Waals surface area contributed by atoms with Crippen LogP contribution in [-0.4, -0.2) is 29.9 Å². The van der Waals surface area contributed by atoms with Crippen LogP contribution >= 0.6 is 0 Å². The molecular weight excluding hydrogens is 244 g/mol. The van der Waals surface area contributed by atoms with Crippen LogP contribution in [0.15, 0.2) is 24.3 Å². The van der Waals surface area contributed by atoms with Gasteiger partial charge in [0.2, 0.25) is 5.91 Å². The summed E-state index contributed by atoms with van der Waals surface area (Å²) in [6, 6.07) is 7.83. The quantitative estimate of drug-likeness (QED) is 0.826. The van der Waals surface area contributed by atoms with Gasteiger partial charge in [-0.25, -0.2) is 4.79 Å². The first-order chi connectivity index (χ1) is 8.93. The van der Waals surface area contributed by atoms with E-state index in [1.165, 1.54) is 0 Å². The molecule has 0 saturated carbocycles. The standard InChI is InChI=1S/C13H16N4O2/c1-9(12(18)16-13(15)19)17(2)8-11-5-3-4-10(6-11)7-14/h3-6,9H,8H2,1-2H3,(H3,15,16,18,19). The van der Waals surface area contributed by atoms with Gasteiger partial charge in [0.25, 0.3) is 0 Å². The van der Waals surface area contributed by atoms with E-state index in [-0.39, 0.29) is 0 Å². The minimum atomic E-state index is -0.864. The highest BCUT2D eigenvalue weighted by atomic mass is 16.2. The summed E-state index contributed by atoms with van der Waals surface area (Å²) >= 11 is 0. The Balaban J connectivity index is 2.68. The van der Waals surface area contributed by atoms with Crippen molar-refractivity contribution in [2.45, 2.75) is 19.5 Å². The van der Waals surface area contributed by atoms with E-state index in [0.717, 1.165) is 5.56 Å². The SMILES string of the molecule is CC(C(=O)NC(N)=O)N(C)Cc1cccc(C#N)c1. The van der Waals surface area contributed by atoms with E-state index in [0.29, 0.717) is 12.1 Å². The van der Waals surface area contributed by atoms with Crippen molar-refractivity contribution in [3.63, 3.8) is 0 Å². The van der Waals surface area contributed by atoms with Crippen molar-refractivity contribution in [1.82, 2.24) is 10.2 Å². The van der Waals surface area contributed by atoms with Gasteiger partial charge in [0, 0.05) is 6.54 Å². The summed E-state index contributed by atoms with van der Waals surface area (Å²) in [5.41, 5.74) is 6.38. The number of carbonyl (C=O) groups excluding carboxylic acids is 2. The van der Waals surface area contributed by atoms with E-state index in [4.69, 9.17) is 11.0 Å². The molecule has 0 heterocycles. The molecule has 0 bridgehead atoms. The molecule has 3 amide bonds. The summed E-state index contributed by atoms with van der Waals surface area (Å²) in [4.78, 5) is 24.0. The molecule has 3 N–H and O–H groups in total. The Hall–Kier alpha value is -2.39. The van der Waals surface area contributed by atoms with Crippen molar-refractivity contribution >= 4 is 11.9 Å². The second-order valence-electron chi connectivity index (χ2n) is 4.26. The highest BCUT2D eigenvalue weighted by molar-refractivity contribution is 5.96. The number of rotatable bonds is 4. The van der Waals surface area contributed by atoms with Gasteiger partial charge in [-0.3, -0.25) is 15.0 Å². The van der Waals surface area contributed by atoms with Gasteiger partial charge in [0.1, 0.15) is 0 Å². The Bertz CT molecular complexity index is 522. The second-order valence-corrected chi connectivity index (χ2v) is 4.26. The lowest BCUT2D eigenvalue weighted by Gasteiger charge is -2.23. The van der Waals surface area contributed by atoms with Gasteiger partial charge in [0.05, 0.1) is 17.7 Å². The average Bonchev–Trinajstić information content (AvgIpc) is 2.37. The number of imide groups is 1. The van der Waals surface area contributed by atoms with Crippen LogP contribution in [0.5, 0.6) is 0 Å². The molecule has 1 aromatic carbocycles. The highest BCUT2D eigenvalue weighted by Gasteiger charge is 2.19. The van der Waals surface area contributed by atoms with Gasteiger partial charge in [-0.2, -0.15) is 5.26 Å². The van der Waals surface area contributed by atoms with Crippen molar-refractivity contribution in [2.24, 2.45) is 5.73 Å². The third-order valence-electron chi connectivity index (χ3n) is 2.78. The number of nitrogens with one attached hydrogen (secondary N) is 1. The molecule has 1 unspecified atom stereocenters. The van der Waals surface area contributed by atoms with Crippen molar-refractivity contribution < 1.29 is 9.59 Å². The van der Waals surface area contributed by atoms with E-state index >= 15 is 0 Å². The number of benzene rings is 1. The third kappa shape index (κ3) is 4.41. The van der Waals surface area contributed by atoms with Gasteiger partial charge in [0.15, 0.2) is 0 Å². The fourth-order valence-corrected chi connectivity index (χ4v) is 1.59. The van der Waals surface area contributed by atoms with Crippen LogP contribution < -0.4 is 11.1 Å². The van der Waals surface area contributed by atoms with E-state index in [2.05, 4.69) is 6.07 Å². The molecule has 0 aromatic heterocycles. The van der Waals surface area contributed by atoms with Crippen molar-refractivity contribution in [3.05, 3.63) is 35.4 Å². The zero-order valence-corrected chi connectivity index (χ0v) is 10.9. The van der Waals surface area contributed by atoms with E-state index in [1.807, 2.05) is 11.4 Å². The van der Waals surface area contributed by atoms with Crippen molar-refractivity contribution in [2.75, 3.05) is 7.05 Å². The maximum absolute atomic E-state index is 11.6. The lowest BCUT2D eigenvalue weighted by Crippen LogP contribution is -2.46. The summed E-state index contributed by atoms with van der Waals surface area (Å²) in [6.07, 6.45) is 0. The number of likely N-dealkylation sites (N-methyl/N-ethyl adjacent to an activating group) is 1. The minimum Gasteiger partial charge on any atom is -0.351 e. The maximum Gasteiger partial charge on any atom is 0.318 e. The smallest absolute Gasteiger partial charge is 0.318 e. The number of primary amides is 1. The molecule has 0 aliphatic heterocycles. The van der Waals surface area contributed by atoms with Gasteiger partial charge in [-0.05, 0) is 31.7 Å². The van der Waals surface area contributed by atoms with Crippen LogP contribution in [0, 0.1) is 11.3 Å². The molecule has 6 heteroatoms. The van der Waals surface area contributed by atoms with Crippen LogP contribution in [0.25, 0.3) is 0 Å². The third-order valence-corrected chi connectivity index (χ3v) is 2.78. The Morgan fingerprint density at radius 1 is 1.53 bits per heavy atom. The van der Waals surface area contributed by atoms with Gasteiger partial charge in [-0.1, -0.05) is 12.1 Å². The Morgan fingerprint density at radius 3 is 2.79 bits per heavy atom. The van der Waals surface area contributed by atoms with Crippen molar-refractivity contribution in [3.8, 4) is 6.07 Å². The van der Waals surface area contributed by atoms with E-state index < -0.39 is 18.0 Å². The molecule has 100 valence electrons. The van der Waals surface area contributed by atoms with Gasteiger partial charge >= 0.3 is 6.03 Å². The Kier molecular flexibility index (Phi) is 5.03. The number of nitriles is 1. The molecule has 0 radical (unpaired) electrons. The number of nitrogens with zero attached hydrogens (tertiary/aromatic N) is 2. The van der Waals surface area contributed by atoms with Crippen LogP contribution in [-0.2, 0) is 11.3 Å². The molecule has 1 atom stereocenters. The average molecular weight is 260 g/mol. The lowest BCUT2D eigenvalue weighted by atomic mass is 10.1. The molecule has 1 rings (SSSR count). The topological polar surface area (TPSA) is 99.2 Å².